The lowest BCUT2D eigenvalue weighted by molar-refractivity contribution is -0.163. The number of hydrogen-bond donors (Lipinski definition) is 1. The first-order chi connectivity index (χ1) is 16.8. The molecule has 0 saturated heterocycles. The Bertz CT molecular complexity index is 1230. The predicted molar refractivity (Wildman–Crippen MR) is 129 cm³/mol. The van der Waals surface area contributed by atoms with Crippen LogP contribution in [0.1, 0.15) is 49.8 Å². The number of benzene rings is 3. The van der Waals surface area contributed by atoms with Crippen LogP contribution in [0.25, 0.3) is 11.1 Å². The second kappa shape index (κ2) is 10.6. The topological polar surface area (TPSA) is 55.8 Å². The molecule has 36 heavy (non-hydrogen) atoms. The van der Waals surface area contributed by atoms with Crippen molar-refractivity contribution in [3.63, 3.8) is 0 Å². The number of carboxylic acid groups (broad SMARTS) is 1. The van der Waals surface area contributed by atoms with Crippen LogP contribution in [0.15, 0.2) is 60.7 Å². The SMILES string of the molecule is COc1ccc(F)c(-c2ccc(COc3cccc([C@H](CC(=O)O)C(F)(F)F)c3)cc2C(C)(C)C)c1. The van der Waals surface area contributed by atoms with Crippen LogP contribution in [-0.4, -0.2) is 24.4 Å². The number of ether oxygens (including phenoxy) is 2. The van der Waals surface area contributed by atoms with Gasteiger partial charge < -0.3 is 14.6 Å². The first-order valence-electron chi connectivity index (χ1n) is 11.3. The molecule has 0 aliphatic heterocycles. The zero-order valence-electron chi connectivity index (χ0n) is 20.4. The van der Waals surface area contributed by atoms with Crippen LogP contribution < -0.4 is 9.47 Å². The maximum absolute atomic E-state index is 14.7. The minimum Gasteiger partial charge on any atom is -0.497 e. The summed E-state index contributed by atoms with van der Waals surface area (Å²) in [6.45, 7) is 6.05. The maximum Gasteiger partial charge on any atom is 0.396 e. The number of rotatable bonds is 8. The van der Waals surface area contributed by atoms with Crippen LogP contribution in [0.2, 0.25) is 0 Å². The van der Waals surface area contributed by atoms with Crippen molar-refractivity contribution in [1.29, 1.82) is 0 Å². The molecule has 1 atom stereocenters. The molecule has 0 radical (unpaired) electrons. The number of halogens is 4. The highest BCUT2D eigenvalue weighted by atomic mass is 19.4. The van der Waals surface area contributed by atoms with Crippen molar-refractivity contribution in [2.45, 2.75) is 51.3 Å². The van der Waals surface area contributed by atoms with Crippen molar-refractivity contribution in [3.8, 4) is 22.6 Å². The van der Waals surface area contributed by atoms with Gasteiger partial charge in [0.15, 0.2) is 0 Å². The lowest BCUT2D eigenvalue weighted by Gasteiger charge is -2.25. The van der Waals surface area contributed by atoms with E-state index in [1.54, 1.807) is 24.3 Å². The average Bonchev–Trinajstić information content (AvgIpc) is 2.80. The Hall–Kier alpha value is -3.55. The fraction of sp³-hybridized carbons (Fsp3) is 0.321. The summed E-state index contributed by atoms with van der Waals surface area (Å²) >= 11 is 0. The lowest BCUT2D eigenvalue weighted by Crippen LogP contribution is -2.23. The van der Waals surface area contributed by atoms with Crippen molar-refractivity contribution in [2.24, 2.45) is 0 Å². The molecule has 3 aromatic rings. The van der Waals surface area contributed by atoms with E-state index < -0.39 is 24.5 Å². The molecule has 0 aliphatic rings. The van der Waals surface area contributed by atoms with Crippen LogP contribution >= 0.6 is 0 Å². The summed E-state index contributed by atoms with van der Waals surface area (Å²) in [5.41, 5.74) is 2.18. The first kappa shape index (κ1) is 27.0. The molecule has 0 heterocycles. The number of methoxy groups -OCH3 is 1. The number of carbonyl (C=O) groups is 1. The van der Waals surface area contributed by atoms with Gasteiger partial charge in [-0.25, -0.2) is 4.39 Å². The summed E-state index contributed by atoms with van der Waals surface area (Å²) in [4.78, 5) is 11.0. The molecule has 1 N–H and O–H groups in total. The van der Waals surface area contributed by atoms with E-state index >= 15 is 0 Å². The Kier molecular flexibility index (Phi) is 7.96. The summed E-state index contributed by atoms with van der Waals surface area (Å²) in [5.74, 6) is -3.34. The fourth-order valence-corrected chi connectivity index (χ4v) is 3.96. The second-order valence-electron chi connectivity index (χ2n) is 9.53. The molecule has 3 rings (SSSR count). The van der Waals surface area contributed by atoms with E-state index in [4.69, 9.17) is 14.6 Å². The van der Waals surface area contributed by atoms with Crippen molar-refractivity contribution in [2.75, 3.05) is 7.11 Å². The highest BCUT2D eigenvalue weighted by molar-refractivity contribution is 5.71. The molecule has 0 bridgehead atoms. The smallest absolute Gasteiger partial charge is 0.396 e. The van der Waals surface area contributed by atoms with Gasteiger partial charge >= 0.3 is 12.1 Å². The minimum absolute atomic E-state index is 0.0586. The monoisotopic (exact) mass is 504 g/mol. The maximum atomic E-state index is 14.7. The molecule has 0 spiro atoms. The number of carboxylic acids is 1. The molecule has 0 fully saturated rings. The Morgan fingerprint density at radius 1 is 0.944 bits per heavy atom. The summed E-state index contributed by atoms with van der Waals surface area (Å²) in [6.07, 6.45) is -5.77. The summed E-state index contributed by atoms with van der Waals surface area (Å²) in [7, 11) is 1.51. The average molecular weight is 505 g/mol. The van der Waals surface area contributed by atoms with Gasteiger partial charge in [0.2, 0.25) is 0 Å². The van der Waals surface area contributed by atoms with Gasteiger partial charge in [-0.3, -0.25) is 4.79 Å². The third-order valence-electron chi connectivity index (χ3n) is 5.80. The van der Waals surface area contributed by atoms with Gasteiger partial charge in [0, 0.05) is 5.56 Å². The third kappa shape index (κ3) is 6.56. The molecule has 8 heteroatoms. The Morgan fingerprint density at radius 2 is 1.67 bits per heavy atom. The Balaban J connectivity index is 1.90. The van der Waals surface area contributed by atoms with Crippen molar-refractivity contribution in [3.05, 3.63) is 83.2 Å². The van der Waals surface area contributed by atoms with Crippen LogP contribution in [0.3, 0.4) is 0 Å². The van der Waals surface area contributed by atoms with E-state index in [0.29, 0.717) is 16.9 Å². The highest BCUT2D eigenvalue weighted by Crippen LogP contribution is 2.39. The van der Waals surface area contributed by atoms with Gasteiger partial charge in [0.05, 0.1) is 19.4 Å². The van der Waals surface area contributed by atoms with Gasteiger partial charge in [-0.15, -0.1) is 0 Å². The molecular weight excluding hydrogens is 476 g/mol. The molecule has 3 aromatic carbocycles. The van der Waals surface area contributed by atoms with E-state index in [1.165, 1.54) is 37.4 Å². The molecule has 192 valence electrons. The van der Waals surface area contributed by atoms with Crippen LogP contribution in [0.4, 0.5) is 17.6 Å². The van der Waals surface area contributed by atoms with E-state index in [9.17, 15) is 22.4 Å². The zero-order valence-corrected chi connectivity index (χ0v) is 20.4. The Morgan fingerprint density at radius 3 is 2.28 bits per heavy atom. The van der Waals surface area contributed by atoms with E-state index in [2.05, 4.69) is 0 Å². The van der Waals surface area contributed by atoms with E-state index in [1.807, 2.05) is 26.8 Å². The van der Waals surface area contributed by atoms with Crippen LogP contribution in [0, 0.1) is 5.82 Å². The van der Waals surface area contributed by atoms with Gasteiger partial charge in [-0.2, -0.15) is 13.2 Å². The summed E-state index contributed by atoms with van der Waals surface area (Å²) < 4.78 is 66.0. The van der Waals surface area contributed by atoms with Crippen LogP contribution in [-0.2, 0) is 16.8 Å². The summed E-state index contributed by atoms with van der Waals surface area (Å²) in [5, 5.41) is 8.91. The molecule has 0 saturated carbocycles. The molecule has 0 aromatic heterocycles. The molecule has 4 nitrogen and oxygen atoms in total. The fourth-order valence-electron chi connectivity index (χ4n) is 3.96. The quantitative estimate of drug-likeness (QED) is 0.323. The van der Waals surface area contributed by atoms with E-state index in [-0.39, 0.29) is 29.2 Å². The Labute approximate surface area is 207 Å². The lowest BCUT2D eigenvalue weighted by atomic mass is 9.81. The zero-order chi connectivity index (χ0) is 26.7. The summed E-state index contributed by atoms with van der Waals surface area (Å²) in [6, 6.07) is 15.4. The molecular formula is C28H28F4O4. The van der Waals surface area contributed by atoms with E-state index in [0.717, 1.165) is 11.1 Å². The highest BCUT2D eigenvalue weighted by Gasteiger charge is 2.42. The minimum atomic E-state index is -4.70. The number of alkyl halides is 3. The van der Waals surface area contributed by atoms with Crippen molar-refractivity contribution in [1.82, 2.24) is 0 Å². The number of hydrogen-bond acceptors (Lipinski definition) is 3. The molecule has 0 amide bonds. The molecule has 0 unspecified atom stereocenters. The van der Waals surface area contributed by atoms with Crippen LogP contribution in [0.5, 0.6) is 11.5 Å². The van der Waals surface area contributed by atoms with Crippen molar-refractivity contribution < 1.29 is 36.9 Å². The largest absolute Gasteiger partial charge is 0.497 e. The standard InChI is InChI=1S/C28H28F4O4/c1-27(2,3)24-12-17(8-10-21(24)22-14-19(35-4)9-11-25(22)29)16-36-20-7-5-6-18(13-20)23(15-26(33)34)28(30,31)32/h5-14,23H,15-16H2,1-4H3,(H,33,34)/t23-/m0/s1. The molecule has 0 aliphatic carbocycles. The second-order valence-corrected chi connectivity index (χ2v) is 9.53. The number of aliphatic carboxylic acids is 1. The normalized spacial score (nSPS) is 12.8. The first-order valence-corrected chi connectivity index (χ1v) is 11.3. The van der Waals surface area contributed by atoms with Gasteiger partial charge in [-0.1, -0.05) is 51.1 Å². The third-order valence-corrected chi connectivity index (χ3v) is 5.80. The van der Waals surface area contributed by atoms with Crippen molar-refractivity contribution >= 4 is 5.97 Å². The van der Waals surface area contributed by atoms with Gasteiger partial charge in [0.1, 0.15) is 23.9 Å². The van der Waals surface area contributed by atoms with Gasteiger partial charge in [-0.05, 0) is 58.0 Å². The van der Waals surface area contributed by atoms with Gasteiger partial charge in [0.25, 0.3) is 0 Å². The predicted octanol–water partition coefficient (Wildman–Crippen LogP) is 7.50.